The molecule has 0 aromatic heterocycles. The number of unbranched alkanes of at least 4 members (excludes halogenated alkanes) is 23. The van der Waals surface area contributed by atoms with Gasteiger partial charge in [-0.3, -0.25) is 0 Å². The van der Waals surface area contributed by atoms with Gasteiger partial charge in [-0.1, -0.05) is 210 Å². The molecule has 1 atom stereocenters. The van der Waals surface area contributed by atoms with Gasteiger partial charge >= 0.3 is 5.97 Å². The minimum Gasteiger partial charge on any atom is -0.490 e. The SMILES string of the molecule is CCCCCCCCCCCCCCCOc1ccccc1OC(=O)c1ccc(-c2ccc(C(C)OCCCCCCCCCCCCCC)cc2)cc1. The maximum Gasteiger partial charge on any atom is 0.343 e. The van der Waals surface area contributed by atoms with Crippen LogP contribution >= 0.6 is 0 Å². The van der Waals surface area contributed by atoms with E-state index in [1.165, 1.54) is 153 Å². The normalized spacial score (nSPS) is 11.8. The molecule has 0 radical (unpaired) electrons. The van der Waals surface area contributed by atoms with Crippen molar-refractivity contribution in [1.29, 1.82) is 0 Å². The molecule has 54 heavy (non-hydrogen) atoms. The van der Waals surface area contributed by atoms with E-state index in [1.807, 2.05) is 42.5 Å². The van der Waals surface area contributed by atoms with Crippen molar-refractivity contribution < 1.29 is 19.0 Å². The van der Waals surface area contributed by atoms with Crippen molar-refractivity contribution in [3.05, 3.63) is 83.9 Å². The lowest BCUT2D eigenvalue weighted by Gasteiger charge is -2.14. The third-order valence-corrected chi connectivity index (χ3v) is 10.8. The average molecular weight is 741 g/mol. The monoisotopic (exact) mass is 741 g/mol. The van der Waals surface area contributed by atoms with E-state index >= 15 is 0 Å². The summed E-state index contributed by atoms with van der Waals surface area (Å²) in [5, 5.41) is 0. The Morgan fingerprint density at radius 2 is 0.852 bits per heavy atom. The van der Waals surface area contributed by atoms with Crippen LogP contribution in [0.1, 0.15) is 203 Å². The van der Waals surface area contributed by atoms with Gasteiger partial charge in [0.1, 0.15) is 0 Å². The summed E-state index contributed by atoms with van der Waals surface area (Å²) in [5.41, 5.74) is 3.87. The second-order valence-electron chi connectivity index (χ2n) is 15.5. The molecule has 0 heterocycles. The van der Waals surface area contributed by atoms with Gasteiger partial charge in [0.25, 0.3) is 0 Å². The molecule has 1 unspecified atom stereocenters. The molecule has 300 valence electrons. The summed E-state index contributed by atoms with van der Waals surface area (Å²) in [6.07, 6.45) is 33.5. The van der Waals surface area contributed by atoms with Crippen molar-refractivity contribution in [1.82, 2.24) is 0 Å². The lowest BCUT2D eigenvalue weighted by Crippen LogP contribution is -2.10. The zero-order chi connectivity index (χ0) is 38.3. The Morgan fingerprint density at radius 1 is 0.463 bits per heavy atom. The molecular formula is C50H76O4. The van der Waals surface area contributed by atoms with E-state index in [0.29, 0.717) is 23.7 Å². The van der Waals surface area contributed by atoms with Crippen LogP contribution in [-0.4, -0.2) is 19.2 Å². The van der Waals surface area contributed by atoms with Crippen LogP contribution in [0, 0.1) is 0 Å². The Bertz CT molecular complexity index is 1330. The molecule has 0 aliphatic carbocycles. The molecule has 0 N–H and O–H groups in total. The average Bonchev–Trinajstić information content (AvgIpc) is 3.20. The molecule has 4 nitrogen and oxygen atoms in total. The maximum absolute atomic E-state index is 13.1. The molecule has 3 aromatic carbocycles. The van der Waals surface area contributed by atoms with Gasteiger partial charge in [-0.2, -0.15) is 0 Å². The van der Waals surface area contributed by atoms with Crippen molar-refractivity contribution in [3.63, 3.8) is 0 Å². The van der Waals surface area contributed by atoms with Crippen LogP contribution in [0.5, 0.6) is 11.5 Å². The molecule has 3 rings (SSSR count). The Hall–Kier alpha value is -3.11. The first kappa shape index (κ1) is 45.3. The zero-order valence-electron chi connectivity index (χ0n) is 34.7. The third kappa shape index (κ3) is 20.0. The smallest absolute Gasteiger partial charge is 0.343 e. The zero-order valence-corrected chi connectivity index (χ0v) is 34.7. The molecule has 0 spiro atoms. The number of carbonyl (C=O) groups excluding carboxylic acids is 1. The number of esters is 1. The van der Waals surface area contributed by atoms with Crippen LogP contribution in [0.25, 0.3) is 11.1 Å². The van der Waals surface area contributed by atoms with E-state index < -0.39 is 0 Å². The first-order chi connectivity index (χ1) is 26.6. The van der Waals surface area contributed by atoms with Gasteiger partial charge in [-0.05, 0) is 60.7 Å². The number of hydrogen-bond acceptors (Lipinski definition) is 4. The van der Waals surface area contributed by atoms with E-state index in [1.54, 1.807) is 6.07 Å². The Labute approximate surface area is 331 Å². The highest BCUT2D eigenvalue weighted by Gasteiger charge is 2.13. The lowest BCUT2D eigenvalue weighted by atomic mass is 10.0. The van der Waals surface area contributed by atoms with Crippen LogP contribution in [-0.2, 0) is 4.74 Å². The van der Waals surface area contributed by atoms with Gasteiger partial charge in [0, 0.05) is 6.61 Å². The van der Waals surface area contributed by atoms with E-state index in [9.17, 15) is 4.79 Å². The lowest BCUT2D eigenvalue weighted by molar-refractivity contribution is 0.0627. The largest absolute Gasteiger partial charge is 0.490 e. The molecule has 3 aromatic rings. The molecule has 0 amide bonds. The van der Waals surface area contributed by atoms with Gasteiger partial charge in [0.2, 0.25) is 0 Å². The van der Waals surface area contributed by atoms with Crippen molar-refractivity contribution in [2.75, 3.05) is 13.2 Å². The molecule has 4 heteroatoms. The van der Waals surface area contributed by atoms with E-state index in [-0.39, 0.29) is 12.1 Å². The second kappa shape index (κ2) is 30.2. The highest BCUT2D eigenvalue weighted by Crippen LogP contribution is 2.29. The van der Waals surface area contributed by atoms with Crippen LogP contribution in [0.3, 0.4) is 0 Å². The third-order valence-electron chi connectivity index (χ3n) is 10.8. The highest BCUT2D eigenvalue weighted by molar-refractivity contribution is 5.92. The second-order valence-corrected chi connectivity index (χ2v) is 15.5. The van der Waals surface area contributed by atoms with E-state index in [0.717, 1.165) is 30.6 Å². The summed E-state index contributed by atoms with van der Waals surface area (Å²) in [4.78, 5) is 13.1. The van der Waals surface area contributed by atoms with E-state index in [4.69, 9.17) is 14.2 Å². The van der Waals surface area contributed by atoms with Gasteiger partial charge in [-0.25, -0.2) is 4.79 Å². The van der Waals surface area contributed by atoms with Crippen LogP contribution in [0.4, 0.5) is 0 Å². The van der Waals surface area contributed by atoms with E-state index in [2.05, 4.69) is 45.0 Å². The Balaban J connectivity index is 1.28. The molecular weight excluding hydrogens is 665 g/mol. The summed E-state index contributed by atoms with van der Waals surface area (Å²) >= 11 is 0. The van der Waals surface area contributed by atoms with Crippen LogP contribution < -0.4 is 9.47 Å². The Kier molecular flexibility index (Phi) is 25.3. The number of ether oxygens (including phenoxy) is 3. The standard InChI is InChI=1S/C50H76O4/c1-4-6-8-10-12-14-16-18-20-22-24-26-30-42-53-48-31-27-28-32-49(48)54-50(51)47-39-37-46(38-40-47)45-35-33-44(34-36-45)43(3)52-41-29-25-23-21-19-17-15-13-11-9-7-5-2/h27-28,31-40,43H,4-26,29-30,41-42H2,1-3H3. The Morgan fingerprint density at radius 3 is 1.31 bits per heavy atom. The number of benzene rings is 3. The fourth-order valence-corrected chi connectivity index (χ4v) is 7.16. The predicted octanol–water partition coefficient (Wildman–Crippen LogP) is 15.8. The van der Waals surface area contributed by atoms with Crippen molar-refractivity contribution >= 4 is 5.97 Å². The highest BCUT2D eigenvalue weighted by atomic mass is 16.6. The van der Waals surface area contributed by atoms with Gasteiger partial charge in [0.05, 0.1) is 18.3 Å². The van der Waals surface area contributed by atoms with Crippen molar-refractivity contribution in [2.45, 2.75) is 187 Å². The fraction of sp³-hybridized carbons (Fsp3) is 0.620. The molecule has 0 saturated carbocycles. The van der Waals surface area contributed by atoms with Crippen LogP contribution in [0.2, 0.25) is 0 Å². The number of carbonyl (C=O) groups is 1. The summed E-state index contributed by atoms with van der Waals surface area (Å²) < 4.78 is 18.0. The summed E-state index contributed by atoms with van der Waals surface area (Å²) in [5.74, 6) is 0.703. The van der Waals surface area contributed by atoms with Crippen molar-refractivity contribution in [2.24, 2.45) is 0 Å². The minimum absolute atomic E-state index is 0.0742. The number of hydrogen-bond donors (Lipinski definition) is 0. The van der Waals surface area contributed by atoms with Gasteiger partial charge in [-0.15, -0.1) is 0 Å². The quantitative estimate of drug-likeness (QED) is 0.0354. The topological polar surface area (TPSA) is 44.8 Å². The van der Waals surface area contributed by atoms with Crippen LogP contribution in [0.15, 0.2) is 72.8 Å². The summed E-state index contributed by atoms with van der Waals surface area (Å²) in [6.45, 7) is 8.14. The molecule has 0 aliphatic heterocycles. The van der Waals surface area contributed by atoms with Gasteiger partial charge < -0.3 is 14.2 Å². The first-order valence-corrected chi connectivity index (χ1v) is 22.4. The predicted molar refractivity (Wildman–Crippen MR) is 230 cm³/mol. The van der Waals surface area contributed by atoms with Crippen molar-refractivity contribution in [3.8, 4) is 22.6 Å². The number of para-hydroxylation sites is 2. The maximum atomic E-state index is 13.1. The van der Waals surface area contributed by atoms with Gasteiger partial charge in [0.15, 0.2) is 11.5 Å². The first-order valence-electron chi connectivity index (χ1n) is 22.4. The fourth-order valence-electron chi connectivity index (χ4n) is 7.16. The molecule has 0 bridgehead atoms. The molecule has 0 saturated heterocycles. The number of rotatable bonds is 33. The summed E-state index contributed by atoms with van der Waals surface area (Å²) in [6, 6.07) is 23.7. The summed E-state index contributed by atoms with van der Waals surface area (Å²) in [7, 11) is 0. The minimum atomic E-state index is -0.381. The molecule has 0 aliphatic rings. The molecule has 0 fully saturated rings.